The van der Waals surface area contributed by atoms with Gasteiger partial charge in [0.25, 0.3) is 0 Å². The molecule has 0 bridgehead atoms. The van der Waals surface area contributed by atoms with E-state index < -0.39 is 0 Å². The highest BCUT2D eigenvalue weighted by atomic mass is 35.5. The molecule has 1 aromatic rings. The number of hydrogen-bond donors (Lipinski definition) is 0. The van der Waals surface area contributed by atoms with E-state index in [4.69, 9.17) is 21.1 Å². The molecular weight excluding hydrogens is 274 g/mol. The molecule has 20 heavy (non-hydrogen) atoms. The van der Waals surface area contributed by atoms with Gasteiger partial charge in [0, 0.05) is 38.2 Å². The van der Waals surface area contributed by atoms with Crippen LogP contribution >= 0.6 is 11.6 Å². The molecule has 110 valence electrons. The van der Waals surface area contributed by atoms with Gasteiger partial charge in [-0.15, -0.1) is 0 Å². The number of methoxy groups -OCH3 is 1. The summed E-state index contributed by atoms with van der Waals surface area (Å²) in [4.78, 5) is 2.47. The van der Waals surface area contributed by atoms with Crippen LogP contribution < -0.4 is 0 Å². The van der Waals surface area contributed by atoms with Crippen molar-refractivity contribution in [1.29, 1.82) is 0 Å². The van der Waals surface area contributed by atoms with Crippen molar-refractivity contribution in [3.63, 3.8) is 0 Å². The van der Waals surface area contributed by atoms with Crippen LogP contribution in [0, 0.1) is 0 Å². The van der Waals surface area contributed by atoms with Crippen LogP contribution in [-0.4, -0.2) is 43.4 Å². The van der Waals surface area contributed by atoms with Gasteiger partial charge in [0.15, 0.2) is 0 Å². The third-order valence-corrected chi connectivity index (χ3v) is 5.00. The van der Waals surface area contributed by atoms with E-state index in [9.17, 15) is 0 Å². The molecule has 2 fully saturated rings. The van der Waals surface area contributed by atoms with Gasteiger partial charge in [0.1, 0.15) is 0 Å². The van der Waals surface area contributed by atoms with E-state index in [1.54, 1.807) is 7.11 Å². The topological polar surface area (TPSA) is 21.7 Å². The zero-order valence-electron chi connectivity index (χ0n) is 12.0. The number of piperidine rings is 1. The van der Waals surface area contributed by atoms with Crippen molar-refractivity contribution in [2.45, 2.75) is 37.5 Å². The summed E-state index contributed by atoms with van der Waals surface area (Å²) in [5, 5.41) is 0.865. The normalized spacial score (nSPS) is 26.2. The standard InChI is InChI=1S/C16H22ClNO2/c1-19-14-10-16(20-12-14)6-8-18(9-7-16)11-13-4-2-3-5-15(13)17/h2-5,14H,6-12H2,1H3/t14-/m0/s1. The maximum Gasteiger partial charge on any atom is 0.0832 e. The Morgan fingerprint density at radius 2 is 2.10 bits per heavy atom. The maximum absolute atomic E-state index is 6.23. The summed E-state index contributed by atoms with van der Waals surface area (Å²) in [6.45, 7) is 3.83. The van der Waals surface area contributed by atoms with Crippen LogP contribution in [0.15, 0.2) is 24.3 Å². The average molecular weight is 296 g/mol. The lowest BCUT2D eigenvalue weighted by molar-refractivity contribution is -0.0460. The molecule has 2 saturated heterocycles. The molecule has 3 nitrogen and oxygen atoms in total. The fourth-order valence-electron chi connectivity index (χ4n) is 3.29. The molecule has 0 aliphatic carbocycles. The molecule has 1 atom stereocenters. The number of nitrogens with zero attached hydrogens (tertiary/aromatic N) is 1. The average Bonchev–Trinajstić information content (AvgIpc) is 2.87. The number of hydrogen-bond acceptors (Lipinski definition) is 3. The van der Waals surface area contributed by atoms with E-state index in [0.717, 1.165) is 50.5 Å². The molecule has 2 heterocycles. The van der Waals surface area contributed by atoms with Gasteiger partial charge >= 0.3 is 0 Å². The Hall–Kier alpha value is -0.610. The van der Waals surface area contributed by atoms with E-state index >= 15 is 0 Å². The van der Waals surface area contributed by atoms with Crippen molar-refractivity contribution in [1.82, 2.24) is 4.90 Å². The SMILES string of the molecule is CO[C@@H]1COC2(CCN(Cc3ccccc3Cl)CC2)C1. The van der Waals surface area contributed by atoms with E-state index in [2.05, 4.69) is 17.0 Å². The second-order valence-electron chi connectivity index (χ2n) is 5.92. The molecule has 0 amide bonds. The molecule has 2 aliphatic rings. The summed E-state index contributed by atoms with van der Waals surface area (Å²) in [6, 6.07) is 8.11. The molecule has 4 heteroatoms. The van der Waals surface area contributed by atoms with Crippen LogP contribution in [0.5, 0.6) is 0 Å². The van der Waals surface area contributed by atoms with Crippen LogP contribution in [0.4, 0.5) is 0 Å². The maximum atomic E-state index is 6.23. The Kier molecular flexibility index (Phi) is 4.32. The van der Waals surface area contributed by atoms with Crippen LogP contribution in [0.3, 0.4) is 0 Å². The monoisotopic (exact) mass is 295 g/mol. The lowest BCUT2D eigenvalue weighted by atomic mass is 9.88. The number of rotatable bonds is 3. The van der Waals surface area contributed by atoms with Gasteiger partial charge < -0.3 is 9.47 Å². The molecule has 0 N–H and O–H groups in total. The van der Waals surface area contributed by atoms with Crippen molar-refractivity contribution >= 4 is 11.6 Å². The van der Waals surface area contributed by atoms with Crippen molar-refractivity contribution in [2.24, 2.45) is 0 Å². The third-order valence-electron chi connectivity index (χ3n) is 4.63. The minimum atomic E-state index is 0.0671. The summed E-state index contributed by atoms with van der Waals surface area (Å²) >= 11 is 6.23. The Bertz CT molecular complexity index is 458. The second kappa shape index (κ2) is 6.02. The molecular formula is C16H22ClNO2. The Morgan fingerprint density at radius 3 is 2.75 bits per heavy atom. The van der Waals surface area contributed by atoms with Gasteiger partial charge in [0.2, 0.25) is 0 Å². The molecule has 1 aromatic carbocycles. The second-order valence-corrected chi connectivity index (χ2v) is 6.33. The van der Waals surface area contributed by atoms with E-state index in [-0.39, 0.29) is 11.7 Å². The zero-order chi connectivity index (χ0) is 14.0. The first-order valence-electron chi connectivity index (χ1n) is 7.33. The molecule has 2 aliphatic heterocycles. The third kappa shape index (κ3) is 3.01. The largest absolute Gasteiger partial charge is 0.379 e. The fourth-order valence-corrected chi connectivity index (χ4v) is 3.48. The molecule has 0 saturated carbocycles. The molecule has 1 spiro atoms. The molecule has 0 aromatic heterocycles. The van der Waals surface area contributed by atoms with Crippen LogP contribution in [0.2, 0.25) is 5.02 Å². The summed E-state index contributed by atoms with van der Waals surface area (Å²) in [6.07, 6.45) is 3.52. The number of halogens is 1. The smallest absolute Gasteiger partial charge is 0.0832 e. The van der Waals surface area contributed by atoms with Gasteiger partial charge in [-0.05, 0) is 24.5 Å². The minimum absolute atomic E-state index is 0.0671. The highest BCUT2D eigenvalue weighted by molar-refractivity contribution is 6.31. The zero-order valence-corrected chi connectivity index (χ0v) is 12.7. The summed E-state index contributed by atoms with van der Waals surface area (Å²) in [5.41, 5.74) is 1.28. The van der Waals surface area contributed by atoms with Crippen molar-refractivity contribution < 1.29 is 9.47 Å². The molecule has 0 unspecified atom stereocenters. The van der Waals surface area contributed by atoms with Gasteiger partial charge in [-0.2, -0.15) is 0 Å². The van der Waals surface area contributed by atoms with E-state index in [1.807, 2.05) is 12.1 Å². The summed E-state index contributed by atoms with van der Waals surface area (Å²) in [5.74, 6) is 0. The van der Waals surface area contributed by atoms with Crippen molar-refractivity contribution in [2.75, 3.05) is 26.8 Å². The number of benzene rings is 1. The minimum Gasteiger partial charge on any atom is -0.379 e. The van der Waals surface area contributed by atoms with Crippen LogP contribution in [0.1, 0.15) is 24.8 Å². The summed E-state index contributed by atoms with van der Waals surface area (Å²) in [7, 11) is 1.78. The van der Waals surface area contributed by atoms with Gasteiger partial charge in [-0.3, -0.25) is 4.90 Å². The van der Waals surface area contributed by atoms with Crippen molar-refractivity contribution in [3.8, 4) is 0 Å². The van der Waals surface area contributed by atoms with E-state index in [1.165, 1.54) is 5.56 Å². The number of ether oxygens (including phenoxy) is 2. The highest BCUT2D eigenvalue weighted by Crippen LogP contribution is 2.37. The van der Waals surface area contributed by atoms with Crippen LogP contribution in [-0.2, 0) is 16.0 Å². The molecule has 0 radical (unpaired) electrons. The van der Waals surface area contributed by atoms with Gasteiger partial charge in [0.05, 0.1) is 18.3 Å². The molecule has 3 rings (SSSR count). The number of likely N-dealkylation sites (tertiary alicyclic amines) is 1. The first kappa shape index (κ1) is 14.3. The van der Waals surface area contributed by atoms with Gasteiger partial charge in [-0.1, -0.05) is 29.8 Å². The van der Waals surface area contributed by atoms with Gasteiger partial charge in [-0.25, -0.2) is 0 Å². The lowest BCUT2D eigenvalue weighted by Gasteiger charge is -2.38. The predicted molar refractivity (Wildman–Crippen MR) is 80.1 cm³/mol. The highest BCUT2D eigenvalue weighted by Gasteiger charge is 2.42. The first-order valence-corrected chi connectivity index (χ1v) is 7.71. The van der Waals surface area contributed by atoms with Crippen molar-refractivity contribution in [3.05, 3.63) is 34.9 Å². The summed E-state index contributed by atoms with van der Waals surface area (Å²) < 4.78 is 11.5. The lowest BCUT2D eigenvalue weighted by Crippen LogP contribution is -2.43. The predicted octanol–water partition coefficient (Wildman–Crippen LogP) is 3.11. The van der Waals surface area contributed by atoms with E-state index in [0.29, 0.717) is 0 Å². The quantitative estimate of drug-likeness (QED) is 0.855. The Morgan fingerprint density at radius 1 is 1.35 bits per heavy atom. The fraction of sp³-hybridized carbons (Fsp3) is 0.625. The Balaban J connectivity index is 1.56. The first-order chi connectivity index (χ1) is 9.71. The van der Waals surface area contributed by atoms with Crippen LogP contribution in [0.25, 0.3) is 0 Å². The Labute approximate surface area is 125 Å².